The minimum Gasteiger partial charge on any atom is -0.388 e. The van der Waals surface area contributed by atoms with Crippen molar-refractivity contribution < 1.29 is 4.39 Å². The first-order valence-electron chi connectivity index (χ1n) is 13.4. The summed E-state index contributed by atoms with van der Waals surface area (Å²) < 4.78 is 13.7. The van der Waals surface area contributed by atoms with Crippen molar-refractivity contribution in [1.82, 2.24) is 10.6 Å². The Hall–Kier alpha value is -4.06. The van der Waals surface area contributed by atoms with Gasteiger partial charge in [-0.05, 0) is 85.4 Å². The average molecular weight is 528 g/mol. The summed E-state index contributed by atoms with van der Waals surface area (Å²) in [5.41, 5.74) is 7.64. The van der Waals surface area contributed by atoms with E-state index in [9.17, 15) is 4.39 Å². The largest absolute Gasteiger partial charge is 0.388 e. The van der Waals surface area contributed by atoms with Crippen LogP contribution in [0.1, 0.15) is 56.7 Å². The lowest BCUT2D eigenvalue weighted by Crippen LogP contribution is -2.27. The highest BCUT2D eigenvalue weighted by Crippen LogP contribution is 2.29. The van der Waals surface area contributed by atoms with Crippen LogP contribution in [0.5, 0.6) is 0 Å². The molecule has 3 N–H and O–H groups in total. The van der Waals surface area contributed by atoms with E-state index in [1.54, 1.807) is 25.3 Å². The van der Waals surface area contributed by atoms with Crippen LogP contribution < -0.4 is 10.6 Å². The maximum absolute atomic E-state index is 13.7. The van der Waals surface area contributed by atoms with Gasteiger partial charge < -0.3 is 16.0 Å². The predicted molar refractivity (Wildman–Crippen MR) is 168 cm³/mol. The van der Waals surface area contributed by atoms with Gasteiger partial charge in [0.2, 0.25) is 0 Å². The number of benzene rings is 2. The van der Waals surface area contributed by atoms with E-state index < -0.39 is 0 Å². The number of nitrogens with zero attached hydrogens (tertiary/aromatic N) is 2. The minimum atomic E-state index is -0.275. The van der Waals surface area contributed by atoms with Gasteiger partial charge in [0.25, 0.3) is 0 Å². The molecular formula is C33H42FN5. The van der Waals surface area contributed by atoms with Crippen LogP contribution >= 0.6 is 0 Å². The third kappa shape index (κ3) is 9.64. The Morgan fingerprint density at radius 1 is 1.05 bits per heavy atom. The highest BCUT2D eigenvalue weighted by Gasteiger charge is 2.16. The first-order valence-corrected chi connectivity index (χ1v) is 13.4. The molecule has 0 atom stereocenters. The van der Waals surface area contributed by atoms with E-state index in [1.807, 2.05) is 26.2 Å². The van der Waals surface area contributed by atoms with E-state index in [2.05, 4.69) is 66.8 Å². The fourth-order valence-corrected chi connectivity index (χ4v) is 3.97. The van der Waals surface area contributed by atoms with Crippen molar-refractivity contribution in [3.63, 3.8) is 0 Å². The van der Waals surface area contributed by atoms with Crippen molar-refractivity contribution in [2.75, 3.05) is 20.6 Å². The molecule has 0 saturated carbocycles. The molecule has 0 saturated heterocycles. The Kier molecular flexibility index (Phi) is 13.4. The smallest absolute Gasteiger partial charge is 0.133 e. The Labute approximate surface area is 233 Å². The predicted octanol–water partition coefficient (Wildman–Crippen LogP) is 7.64. The Morgan fingerprint density at radius 3 is 2.38 bits per heavy atom. The quantitative estimate of drug-likeness (QED) is 0.142. The molecule has 0 spiro atoms. The normalized spacial score (nSPS) is 13.4. The van der Waals surface area contributed by atoms with E-state index in [0.29, 0.717) is 6.54 Å². The summed E-state index contributed by atoms with van der Waals surface area (Å²) >= 11 is 0. The summed E-state index contributed by atoms with van der Waals surface area (Å²) in [5, 5.41) is 14.5. The number of allylic oxidation sites excluding steroid dienone is 4. The molecule has 39 heavy (non-hydrogen) atoms. The Balaban J connectivity index is 2.70. The molecule has 5 nitrogen and oxygen atoms in total. The molecule has 6 heteroatoms. The average Bonchev–Trinajstić information content (AvgIpc) is 2.94. The molecule has 0 aromatic heterocycles. The Morgan fingerprint density at radius 2 is 1.77 bits per heavy atom. The van der Waals surface area contributed by atoms with Crippen LogP contribution in [0.2, 0.25) is 0 Å². The Bertz CT molecular complexity index is 1280. The lowest BCUT2D eigenvalue weighted by Gasteiger charge is -2.19. The van der Waals surface area contributed by atoms with Crippen molar-refractivity contribution in [2.24, 2.45) is 9.98 Å². The van der Waals surface area contributed by atoms with Crippen LogP contribution in [-0.2, 0) is 0 Å². The summed E-state index contributed by atoms with van der Waals surface area (Å²) in [6.45, 7) is 8.89. The van der Waals surface area contributed by atoms with Crippen LogP contribution in [0.4, 0.5) is 4.39 Å². The molecule has 0 fully saturated rings. The van der Waals surface area contributed by atoms with Gasteiger partial charge in [-0.3, -0.25) is 4.99 Å². The fraction of sp³-hybridized carbons (Fsp3) is 0.303. The van der Waals surface area contributed by atoms with Crippen LogP contribution in [0.3, 0.4) is 0 Å². The second-order valence-corrected chi connectivity index (χ2v) is 9.09. The molecular weight excluding hydrogens is 485 g/mol. The molecule has 206 valence electrons. The van der Waals surface area contributed by atoms with Crippen molar-refractivity contribution in [3.8, 4) is 11.1 Å². The van der Waals surface area contributed by atoms with Gasteiger partial charge in [0, 0.05) is 55.6 Å². The maximum atomic E-state index is 13.7. The molecule has 0 heterocycles. The first-order chi connectivity index (χ1) is 18.9. The highest BCUT2D eigenvalue weighted by atomic mass is 19.1. The zero-order valence-electron chi connectivity index (χ0n) is 24.1. The monoisotopic (exact) mass is 527 g/mol. The lowest BCUT2D eigenvalue weighted by atomic mass is 9.92. The standard InChI is InChI=1S/C33H42FN5/c1-7-9-10-20-38-33(39-23-26(11-8-2)13-12-24(3)36-5)31-22-28(27-14-16-29(34)17-15-27)21-30(25(31)4)32(37-6)18-19-35/h10-22,35,37H,7-9,23H2,1-6H3,(H,38,39)/b13-12-,20-10+,26-11-,32-18-,35-19?,36-24-. The van der Waals surface area contributed by atoms with Gasteiger partial charge in [0.1, 0.15) is 11.7 Å². The molecule has 0 aliphatic heterocycles. The molecule has 2 aromatic carbocycles. The van der Waals surface area contributed by atoms with Gasteiger partial charge in [-0.15, -0.1) is 0 Å². The zero-order chi connectivity index (χ0) is 28.6. The summed E-state index contributed by atoms with van der Waals surface area (Å²) in [4.78, 5) is 9.09. The summed E-state index contributed by atoms with van der Waals surface area (Å²) in [5.74, 6) is 0.467. The van der Waals surface area contributed by atoms with E-state index in [1.165, 1.54) is 18.3 Å². The number of amidine groups is 1. The van der Waals surface area contributed by atoms with Crippen LogP contribution in [0.25, 0.3) is 16.8 Å². The summed E-state index contributed by atoms with van der Waals surface area (Å²) in [6.07, 6.45) is 16.1. The number of hydrogen-bond donors (Lipinski definition) is 3. The number of rotatable bonds is 13. The van der Waals surface area contributed by atoms with Crippen LogP contribution in [0, 0.1) is 18.2 Å². The van der Waals surface area contributed by atoms with Crippen molar-refractivity contribution in [2.45, 2.75) is 47.0 Å². The first kappa shape index (κ1) is 31.2. The van der Waals surface area contributed by atoms with Gasteiger partial charge in [-0.1, -0.05) is 50.6 Å². The SMILES string of the molecule is CC/C=C(/C=C\C(C)=N/C)CN/C(=N/C=C/CCC)c1cc(-c2ccc(F)cc2)cc(/C(=C/C=N)NC)c1C. The zero-order valence-corrected chi connectivity index (χ0v) is 24.1. The van der Waals surface area contributed by atoms with E-state index in [0.717, 1.165) is 69.9 Å². The molecule has 0 bridgehead atoms. The lowest BCUT2D eigenvalue weighted by molar-refractivity contribution is 0.628. The molecule has 2 aromatic rings. The molecule has 0 amide bonds. The van der Waals surface area contributed by atoms with E-state index in [-0.39, 0.29) is 5.82 Å². The van der Waals surface area contributed by atoms with Crippen molar-refractivity contribution >= 4 is 23.5 Å². The number of nitrogens with one attached hydrogen (secondary N) is 3. The van der Waals surface area contributed by atoms with Gasteiger partial charge in [-0.25, -0.2) is 9.38 Å². The third-order valence-corrected chi connectivity index (χ3v) is 6.23. The van der Waals surface area contributed by atoms with Gasteiger partial charge in [0.15, 0.2) is 0 Å². The van der Waals surface area contributed by atoms with Gasteiger partial charge in [-0.2, -0.15) is 0 Å². The number of unbranched alkanes of at least 4 members (excludes halogenated alkanes) is 1. The van der Waals surface area contributed by atoms with Gasteiger partial charge in [0.05, 0.1) is 0 Å². The van der Waals surface area contributed by atoms with Crippen LogP contribution in [0.15, 0.2) is 88.5 Å². The fourth-order valence-electron chi connectivity index (χ4n) is 3.97. The maximum Gasteiger partial charge on any atom is 0.133 e. The number of hydrogen-bond acceptors (Lipinski definition) is 4. The minimum absolute atomic E-state index is 0.275. The summed E-state index contributed by atoms with van der Waals surface area (Å²) in [6, 6.07) is 10.7. The molecule has 0 unspecified atom stereocenters. The second kappa shape index (κ2) is 16.7. The van der Waals surface area contributed by atoms with E-state index in [4.69, 9.17) is 10.4 Å². The number of aliphatic imine (C=N–C) groups is 2. The highest BCUT2D eigenvalue weighted by molar-refractivity contribution is 6.03. The molecule has 2 rings (SSSR count). The van der Waals surface area contributed by atoms with E-state index >= 15 is 0 Å². The van der Waals surface area contributed by atoms with Crippen LogP contribution in [-0.4, -0.2) is 38.4 Å². The molecule has 0 aliphatic rings. The summed E-state index contributed by atoms with van der Waals surface area (Å²) in [7, 11) is 3.63. The van der Waals surface area contributed by atoms with Crippen molar-refractivity contribution in [3.05, 3.63) is 101 Å². The van der Waals surface area contributed by atoms with Gasteiger partial charge >= 0.3 is 0 Å². The number of halogens is 1. The van der Waals surface area contributed by atoms with Crippen molar-refractivity contribution in [1.29, 1.82) is 5.41 Å². The second-order valence-electron chi connectivity index (χ2n) is 9.09. The topological polar surface area (TPSA) is 72.6 Å². The molecule has 0 aliphatic carbocycles. The third-order valence-electron chi connectivity index (χ3n) is 6.23. The molecule has 0 radical (unpaired) electrons.